The van der Waals surface area contributed by atoms with E-state index in [2.05, 4.69) is 145 Å². The van der Waals surface area contributed by atoms with Crippen molar-refractivity contribution < 1.29 is 58.6 Å². The van der Waals surface area contributed by atoms with E-state index >= 15 is 0 Å². The van der Waals surface area contributed by atoms with Crippen molar-refractivity contribution in [1.82, 2.24) is 19.6 Å². The van der Waals surface area contributed by atoms with Gasteiger partial charge in [-0.3, -0.25) is 38.8 Å². The molecule has 0 aromatic carbocycles. The molecule has 1 heterocycles. The Morgan fingerprint density at radius 2 is 0.512 bits per heavy atom. The summed E-state index contributed by atoms with van der Waals surface area (Å²) < 4.78 is 22.2. The number of aliphatic hydroxyl groups is 4. The highest BCUT2D eigenvalue weighted by Crippen LogP contribution is 2.11. The highest BCUT2D eigenvalue weighted by Gasteiger charge is 2.23. The van der Waals surface area contributed by atoms with Crippen molar-refractivity contribution in [1.29, 1.82) is 0 Å². The summed E-state index contributed by atoms with van der Waals surface area (Å²) >= 11 is 0. The largest absolute Gasteiger partial charge is 0.463 e. The van der Waals surface area contributed by atoms with Crippen molar-refractivity contribution in [3.63, 3.8) is 0 Å². The molecular formula is C70H120N4O12. The second kappa shape index (κ2) is 58.2. The van der Waals surface area contributed by atoms with Crippen LogP contribution in [0.5, 0.6) is 0 Å². The smallest absolute Gasteiger partial charge is 0.305 e. The number of aliphatic hydroxyl groups excluding tert-OH is 4. The number of ether oxygens (including phenoxy) is 4. The van der Waals surface area contributed by atoms with Gasteiger partial charge in [0.05, 0.1) is 0 Å². The predicted octanol–water partition coefficient (Wildman–Crippen LogP) is 11.5. The third-order valence-electron chi connectivity index (χ3n) is 14.2. The molecule has 4 atom stereocenters. The van der Waals surface area contributed by atoms with Crippen LogP contribution in [-0.2, 0) is 38.1 Å². The lowest BCUT2D eigenvalue weighted by Gasteiger charge is -2.34. The van der Waals surface area contributed by atoms with Crippen molar-refractivity contribution in [2.45, 2.75) is 219 Å². The Bertz CT molecular complexity index is 1650. The first-order valence-electron chi connectivity index (χ1n) is 33.3. The van der Waals surface area contributed by atoms with Crippen LogP contribution in [-0.4, -0.2) is 193 Å². The van der Waals surface area contributed by atoms with Crippen LogP contribution in [0.4, 0.5) is 0 Å². The summed E-state index contributed by atoms with van der Waals surface area (Å²) in [7, 11) is 0. The topological polar surface area (TPSA) is 199 Å². The minimum Gasteiger partial charge on any atom is -0.463 e. The molecule has 1 fully saturated rings. The maximum absolute atomic E-state index is 12.7. The van der Waals surface area contributed by atoms with Crippen molar-refractivity contribution >= 4 is 23.9 Å². The highest BCUT2D eigenvalue weighted by molar-refractivity contribution is 5.70. The summed E-state index contributed by atoms with van der Waals surface area (Å²) in [5, 5.41) is 45.2. The van der Waals surface area contributed by atoms with Gasteiger partial charge in [-0.15, -0.1) is 0 Å². The Labute approximate surface area is 521 Å². The Morgan fingerprint density at radius 1 is 0.314 bits per heavy atom. The Kier molecular flexibility index (Phi) is 53.8. The number of hydrogen-bond acceptors (Lipinski definition) is 16. The predicted molar refractivity (Wildman–Crippen MR) is 349 cm³/mol. The van der Waals surface area contributed by atoms with Crippen LogP contribution >= 0.6 is 0 Å². The first kappa shape index (κ1) is 79.5. The molecule has 4 N–H and O–H groups in total. The van der Waals surface area contributed by atoms with Crippen LogP contribution in [0.15, 0.2) is 97.2 Å². The monoisotopic (exact) mass is 1210 g/mol. The number of carbonyl (C=O) groups excluding carboxylic acids is 4. The van der Waals surface area contributed by atoms with E-state index in [0.717, 1.165) is 103 Å². The molecule has 1 aliphatic rings. The van der Waals surface area contributed by atoms with E-state index in [-0.39, 0.29) is 102 Å². The molecule has 16 nitrogen and oxygen atoms in total. The standard InChI is InChI=1S/C70H120N4O12/c1-5-9-13-17-21-25-29-33-37-43-67(79)83-59-63(75)55-71-47-41-48-73(57-65(77)61-85-69(81)45-39-35-31-27-23-19-15-11-7-3)53-54-74(58-66(78)62-86-70(82)46-40-36-32-28-24-20-16-12-8-4)50-42-49-72(52-51-71)56-64(76)60-84-68(80)44-38-34-30-26-22-18-14-10-6-2/h13-20,25-32,63-66,75-78H,5-12,21-24,33-62H2,1-4H3/b17-13-,18-14-,19-15-,20-16-,29-25-,30-26-,31-27-,32-28-. The third kappa shape index (κ3) is 51.5. The zero-order chi connectivity index (χ0) is 62.8. The van der Waals surface area contributed by atoms with Crippen LogP contribution in [0, 0.1) is 0 Å². The molecule has 1 saturated heterocycles. The summed E-state index contributed by atoms with van der Waals surface area (Å²) in [6.07, 6.45) is 50.4. The van der Waals surface area contributed by atoms with E-state index in [9.17, 15) is 39.6 Å². The number of esters is 4. The van der Waals surface area contributed by atoms with Gasteiger partial charge in [-0.1, -0.05) is 151 Å². The van der Waals surface area contributed by atoms with Gasteiger partial charge in [0, 0.05) is 78.0 Å². The molecule has 1 aliphatic heterocycles. The maximum atomic E-state index is 12.7. The average Bonchev–Trinajstić information content (AvgIpc) is 3.67. The van der Waals surface area contributed by atoms with Crippen molar-refractivity contribution in [3.05, 3.63) is 97.2 Å². The molecule has 86 heavy (non-hydrogen) atoms. The average molecular weight is 1210 g/mol. The van der Waals surface area contributed by atoms with E-state index in [1.165, 1.54) is 0 Å². The summed E-state index contributed by atoms with van der Waals surface area (Å²) in [5.74, 6) is -1.42. The number of nitrogens with zero attached hydrogens (tertiary/aromatic N) is 4. The molecule has 0 bridgehead atoms. The van der Waals surface area contributed by atoms with E-state index < -0.39 is 24.4 Å². The van der Waals surface area contributed by atoms with Gasteiger partial charge < -0.3 is 39.4 Å². The van der Waals surface area contributed by atoms with Gasteiger partial charge in [0.2, 0.25) is 0 Å². The molecule has 492 valence electrons. The number of hydrogen-bond donors (Lipinski definition) is 4. The molecule has 16 heteroatoms. The number of unbranched alkanes of at least 4 members (excludes halogenated alkanes) is 8. The lowest BCUT2D eigenvalue weighted by molar-refractivity contribution is -0.148. The van der Waals surface area contributed by atoms with Gasteiger partial charge in [0.1, 0.15) is 50.8 Å². The summed E-state index contributed by atoms with van der Waals surface area (Å²) in [6.45, 7) is 13.2. The van der Waals surface area contributed by atoms with E-state index in [4.69, 9.17) is 18.9 Å². The molecule has 0 aromatic rings. The zero-order valence-electron chi connectivity index (χ0n) is 54.1. The third-order valence-corrected chi connectivity index (χ3v) is 14.2. The second-order valence-electron chi connectivity index (χ2n) is 22.7. The molecule has 1 rings (SSSR count). The van der Waals surface area contributed by atoms with Crippen LogP contribution in [0.1, 0.15) is 195 Å². The quantitative estimate of drug-likeness (QED) is 0.0194. The number of allylic oxidation sites excluding steroid dienone is 16. The van der Waals surface area contributed by atoms with Crippen LogP contribution < -0.4 is 0 Å². The van der Waals surface area contributed by atoms with Gasteiger partial charge in [0.25, 0.3) is 0 Å². The van der Waals surface area contributed by atoms with Gasteiger partial charge in [-0.05, 0) is 142 Å². The van der Waals surface area contributed by atoms with Crippen LogP contribution in [0.2, 0.25) is 0 Å². The van der Waals surface area contributed by atoms with E-state index in [1.54, 1.807) is 0 Å². The van der Waals surface area contributed by atoms with Crippen molar-refractivity contribution in [2.24, 2.45) is 0 Å². The van der Waals surface area contributed by atoms with Gasteiger partial charge in [-0.25, -0.2) is 0 Å². The first-order valence-corrected chi connectivity index (χ1v) is 33.3. The lowest BCUT2D eigenvalue weighted by Crippen LogP contribution is -2.47. The van der Waals surface area contributed by atoms with Crippen LogP contribution in [0.3, 0.4) is 0 Å². The molecule has 0 aliphatic carbocycles. The molecule has 0 spiro atoms. The van der Waals surface area contributed by atoms with Gasteiger partial charge in [0.15, 0.2) is 0 Å². The lowest BCUT2D eigenvalue weighted by atomic mass is 10.2. The maximum Gasteiger partial charge on any atom is 0.305 e. The highest BCUT2D eigenvalue weighted by atomic mass is 16.6. The Morgan fingerprint density at radius 3 is 0.709 bits per heavy atom. The zero-order valence-corrected chi connectivity index (χ0v) is 54.1. The Balaban J connectivity index is 3.20. The van der Waals surface area contributed by atoms with E-state index in [0.29, 0.717) is 90.9 Å². The fourth-order valence-electron chi connectivity index (χ4n) is 9.38. The number of carbonyl (C=O) groups is 4. The van der Waals surface area contributed by atoms with Crippen LogP contribution in [0.25, 0.3) is 0 Å². The van der Waals surface area contributed by atoms with Gasteiger partial charge >= 0.3 is 23.9 Å². The number of β-amino-alcohol motifs (C(OH)–C–C–N with tert-alkyl or cyclic N) is 4. The number of rotatable bonds is 48. The molecule has 0 saturated carbocycles. The first-order chi connectivity index (χ1) is 41.9. The fraction of sp³-hybridized carbons (Fsp3) is 0.714. The summed E-state index contributed by atoms with van der Waals surface area (Å²) in [4.78, 5) is 59.5. The minimum atomic E-state index is -0.954. The minimum absolute atomic E-state index is 0.145. The normalized spacial score (nSPS) is 16.8. The summed E-state index contributed by atoms with van der Waals surface area (Å²) in [6, 6.07) is 0. The molecule has 0 radical (unpaired) electrons. The molecule has 4 unspecified atom stereocenters. The Hall–Kier alpha value is -4.52. The molecule has 0 amide bonds. The van der Waals surface area contributed by atoms with Gasteiger partial charge in [-0.2, -0.15) is 0 Å². The second-order valence-corrected chi connectivity index (χ2v) is 22.7. The fourth-order valence-corrected chi connectivity index (χ4v) is 9.38. The molecule has 0 aromatic heterocycles. The molecular weight excluding hydrogens is 1090 g/mol. The SMILES string of the molecule is CCC/C=C\C/C=C\CCCC(=O)OCC(O)CN1CCCN(CC(O)COC(=O)CCC/C=C\C/C=C\CCC)CCN(CC(O)COC(=O)CCC/C=C\C/C=C\CCC)CCCN(CC(O)COC(=O)CCC/C=C\C/C=C\CCC)CC1. The van der Waals surface area contributed by atoms with Crippen molar-refractivity contribution in [3.8, 4) is 0 Å². The summed E-state index contributed by atoms with van der Waals surface area (Å²) in [5.41, 5.74) is 0. The van der Waals surface area contributed by atoms with E-state index in [1.807, 2.05) is 0 Å². The van der Waals surface area contributed by atoms with Crippen molar-refractivity contribution in [2.75, 3.05) is 105 Å².